The SMILES string of the molecule is CN1c2nc(NCc3ccc(Oc4cnc(C(F)(F)F)nc4)nc3)nc3c2N(CCC3)C(=O)C1CF. The van der Waals surface area contributed by atoms with Crippen molar-refractivity contribution in [2.45, 2.75) is 31.6 Å². The van der Waals surface area contributed by atoms with E-state index in [2.05, 4.69) is 30.2 Å². The van der Waals surface area contributed by atoms with Crippen molar-refractivity contribution < 1.29 is 27.1 Å². The van der Waals surface area contributed by atoms with Crippen molar-refractivity contribution in [3.05, 3.63) is 47.8 Å². The number of halogens is 4. The number of aromatic nitrogens is 5. The number of hydrogen-bond acceptors (Lipinski definition) is 9. The minimum Gasteiger partial charge on any atom is -0.436 e. The van der Waals surface area contributed by atoms with Crippen molar-refractivity contribution in [2.75, 3.05) is 35.4 Å². The summed E-state index contributed by atoms with van der Waals surface area (Å²) in [7, 11) is 1.64. The quantitative estimate of drug-likeness (QED) is 0.507. The number of amides is 1. The lowest BCUT2D eigenvalue weighted by Crippen LogP contribution is -2.55. The highest BCUT2D eigenvalue weighted by atomic mass is 19.4. The second kappa shape index (κ2) is 9.17. The molecule has 1 amide bonds. The van der Waals surface area contributed by atoms with Crippen molar-refractivity contribution in [1.29, 1.82) is 0 Å². The average molecular weight is 504 g/mol. The first-order valence-electron chi connectivity index (χ1n) is 11.0. The molecule has 0 radical (unpaired) electrons. The molecule has 0 saturated carbocycles. The molecule has 0 aliphatic carbocycles. The Morgan fingerprint density at radius 3 is 2.58 bits per heavy atom. The third-order valence-corrected chi connectivity index (χ3v) is 5.85. The molecule has 188 valence electrons. The summed E-state index contributed by atoms with van der Waals surface area (Å²) in [6.45, 7) is 0.0118. The molecule has 10 nitrogen and oxygen atoms in total. The average Bonchev–Trinajstić information content (AvgIpc) is 2.87. The van der Waals surface area contributed by atoms with Gasteiger partial charge in [0.15, 0.2) is 11.6 Å². The minimum absolute atomic E-state index is 0.0148. The number of carbonyl (C=O) groups excluding carboxylic acids is 1. The van der Waals surface area contributed by atoms with Gasteiger partial charge in [0.25, 0.3) is 5.91 Å². The van der Waals surface area contributed by atoms with Crippen molar-refractivity contribution in [3.8, 4) is 11.6 Å². The molecule has 1 unspecified atom stereocenters. The zero-order chi connectivity index (χ0) is 25.4. The van der Waals surface area contributed by atoms with E-state index in [1.165, 1.54) is 6.20 Å². The standard InChI is InChI=1S/C22H20F4N8O2/c1-33-15(7-23)19(35)34-6-2-3-14-17(34)18(33)32-21(31-14)30-9-12-4-5-16(27-8-12)36-13-10-28-20(29-11-13)22(24,25)26/h4-5,8,10-11,15H,2-3,6-7,9H2,1H3,(H,30,31,32). The van der Waals surface area contributed by atoms with E-state index in [4.69, 9.17) is 4.74 Å². The molecule has 5 heterocycles. The highest BCUT2D eigenvalue weighted by Crippen LogP contribution is 2.40. The Morgan fingerprint density at radius 2 is 1.92 bits per heavy atom. The van der Waals surface area contributed by atoms with Crippen LogP contribution in [0.1, 0.15) is 23.5 Å². The number of carbonyl (C=O) groups is 1. The number of hydrogen-bond donors (Lipinski definition) is 1. The molecule has 3 aromatic heterocycles. The smallest absolute Gasteiger partial charge is 0.436 e. The van der Waals surface area contributed by atoms with E-state index in [0.717, 1.165) is 30.1 Å². The summed E-state index contributed by atoms with van der Waals surface area (Å²) >= 11 is 0. The lowest BCUT2D eigenvalue weighted by atomic mass is 10.0. The summed E-state index contributed by atoms with van der Waals surface area (Å²) in [5.74, 6) is -0.527. The van der Waals surface area contributed by atoms with Crippen LogP contribution in [0, 0.1) is 0 Å². The van der Waals surface area contributed by atoms with Crippen LogP contribution in [-0.2, 0) is 23.9 Å². The van der Waals surface area contributed by atoms with Crippen molar-refractivity contribution in [2.24, 2.45) is 0 Å². The normalized spacial score (nSPS) is 17.1. The predicted octanol–water partition coefficient (Wildman–Crippen LogP) is 3.15. The fourth-order valence-corrected chi connectivity index (χ4v) is 4.06. The van der Waals surface area contributed by atoms with Crippen LogP contribution in [0.25, 0.3) is 0 Å². The maximum Gasteiger partial charge on any atom is 0.451 e. The minimum atomic E-state index is -4.63. The van der Waals surface area contributed by atoms with Gasteiger partial charge in [-0.3, -0.25) is 4.79 Å². The Balaban J connectivity index is 1.27. The molecule has 2 aliphatic heterocycles. The Labute approximate surface area is 202 Å². The van der Waals surface area contributed by atoms with E-state index in [0.29, 0.717) is 37.0 Å². The van der Waals surface area contributed by atoms with Gasteiger partial charge in [0.05, 0.1) is 18.1 Å². The summed E-state index contributed by atoms with van der Waals surface area (Å²) in [4.78, 5) is 35.5. The summed E-state index contributed by atoms with van der Waals surface area (Å²) in [6, 6.07) is 2.35. The summed E-state index contributed by atoms with van der Waals surface area (Å²) < 4.78 is 56.7. The fourth-order valence-electron chi connectivity index (χ4n) is 4.06. The highest BCUT2D eigenvalue weighted by Gasteiger charge is 2.41. The van der Waals surface area contributed by atoms with E-state index >= 15 is 0 Å². The largest absolute Gasteiger partial charge is 0.451 e. The molecule has 0 saturated heterocycles. The van der Waals surface area contributed by atoms with Gasteiger partial charge < -0.3 is 19.9 Å². The number of ether oxygens (including phenoxy) is 1. The van der Waals surface area contributed by atoms with Crippen LogP contribution in [0.15, 0.2) is 30.7 Å². The van der Waals surface area contributed by atoms with E-state index in [-0.39, 0.29) is 17.5 Å². The summed E-state index contributed by atoms with van der Waals surface area (Å²) in [6.07, 6.45) is 0.150. The maximum absolute atomic E-state index is 13.6. The van der Waals surface area contributed by atoms with Gasteiger partial charge in [0.2, 0.25) is 17.7 Å². The molecule has 0 bridgehead atoms. The van der Waals surface area contributed by atoms with E-state index in [9.17, 15) is 22.4 Å². The topological polar surface area (TPSA) is 109 Å². The number of anilines is 3. The van der Waals surface area contributed by atoms with Crippen molar-refractivity contribution in [1.82, 2.24) is 24.9 Å². The lowest BCUT2D eigenvalue weighted by molar-refractivity contribution is -0.145. The predicted molar refractivity (Wildman–Crippen MR) is 120 cm³/mol. The molecule has 1 atom stereocenters. The highest BCUT2D eigenvalue weighted by molar-refractivity contribution is 6.05. The van der Waals surface area contributed by atoms with Crippen LogP contribution in [0.4, 0.5) is 35.0 Å². The molecule has 2 aliphatic rings. The molecule has 0 spiro atoms. The van der Waals surface area contributed by atoms with Crippen LogP contribution in [0.5, 0.6) is 11.6 Å². The first kappa shape index (κ1) is 23.6. The third-order valence-electron chi connectivity index (χ3n) is 5.85. The number of alkyl halides is 4. The molecule has 0 aromatic carbocycles. The van der Waals surface area contributed by atoms with Crippen LogP contribution in [-0.4, -0.2) is 57.1 Å². The second-order valence-electron chi connectivity index (χ2n) is 8.24. The molecule has 1 N–H and O–H groups in total. The van der Waals surface area contributed by atoms with Gasteiger partial charge >= 0.3 is 6.18 Å². The third kappa shape index (κ3) is 4.45. The molecular weight excluding hydrogens is 484 g/mol. The number of rotatable bonds is 6. The van der Waals surface area contributed by atoms with E-state index in [1.807, 2.05) is 0 Å². The van der Waals surface area contributed by atoms with Crippen molar-refractivity contribution >= 4 is 23.4 Å². The van der Waals surface area contributed by atoms with Gasteiger partial charge in [-0.25, -0.2) is 24.3 Å². The zero-order valence-corrected chi connectivity index (χ0v) is 19.0. The summed E-state index contributed by atoms with van der Waals surface area (Å²) in [5.41, 5.74) is 2.12. The number of likely N-dealkylation sites (N-methyl/N-ethyl adjacent to an activating group) is 1. The molecule has 3 aromatic rings. The van der Waals surface area contributed by atoms with Crippen LogP contribution in [0.2, 0.25) is 0 Å². The fraction of sp³-hybridized carbons (Fsp3) is 0.364. The number of pyridine rings is 1. The van der Waals surface area contributed by atoms with Crippen molar-refractivity contribution in [3.63, 3.8) is 0 Å². The molecule has 0 fully saturated rings. The molecular formula is C22H20F4N8O2. The maximum atomic E-state index is 13.6. The van der Waals surface area contributed by atoms with Crippen LogP contribution < -0.4 is 19.9 Å². The lowest BCUT2D eigenvalue weighted by Gasteiger charge is -2.41. The Bertz CT molecular complexity index is 1270. The number of nitrogens with zero attached hydrogens (tertiary/aromatic N) is 7. The number of aryl methyl sites for hydroxylation is 1. The van der Waals surface area contributed by atoms with E-state index < -0.39 is 24.7 Å². The first-order chi connectivity index (χ1) is 17.2. The van der Waals surface area contributed by atoms with Gasteiger partial charge in [-0.05, 0) is 18.4 Å². The molecule has 36 heavy (non-hydrogen) atoms. The van der Waals surface area contributed by atoms with Gasteiger partial charge in [0.1, 0.15) is 18.4 Å². The van der Waals surface area contributed by atoms with Gasteiger partial charge in [-0.1, -0.05) is 6.07 Å². The molecule has 5 rings (SSSR count). The van der Waals surface area contributed by atoms with Gasteiger partial charge in [-0.2, -0.15) is 18.2 Å². The van der Waals surface area contributed by atoms with Gasteiger partial charge in [0, 0.05) is 32.4 Å². The van der Waals surface area contributed by atoms with Crippen LogP contribution in [0.3, 0.4) is 0 Å². The number of nitrogens with one attached hydrogen (secondary N) is 1. The Hall–Kier alpha value is -4.10. The second-order valence-corrected chi connectivity index (χ2v) is 8.24. The monoisotopic (exact) mass is 504 g/mol. The first-order valence-corrected chi connectivity index (χ1v) is 11.0. The van der Waals surface area contributed by atoms with Gasteiger partial charge in [-0.15, -0.1) is 0 Å². The summed E-state index contributed by atoms with van der Waals surface area (Å²) in [5, 5.41) is 3.13. The van der Waals surface area contributed by atoms with Crippen LogP contribution >= 0.6 is 0 Å². The Morgan fingerprint density at radius 1 is 1.14 bits per heavy atom. The Kier molecular flexibility index (Phi) is 6.02. The van der Waals surface area contributed by atoms with E-state index in [1.54, 1.807) is 29.0 Å². The zero-order valence-electron chi connectivity index (χ0n) is 19.0. The molecule has 14 heteroatoms.